The Bertz CT molecular complexity index is 1020. The summed E-state index contributed by atoms with van der Waals surface area (Å²) in [5.74, 6) is 0.754. The lowest BCUT2D eigenvalue weighted by molar-refractivity contribution is -0.115. The van der Waals surface area contributed by atoms with Crippen LogP contribution in [0.15, 0.2) is 47.6 Å². The van der Waals surface area contributed by atoms with Crippen LogP contribution in [0.1, 0.15) is 30.8 Å². The summed E-state index contributed by atoms with van der Waals surface area (Å²) >= 11 is 7.45. The van der Waals surface area contributed by atoms with Crippen LogP contribution < -0.4 is 10.6 Å². The van der Waals surface area contributed by atoms with E-state index in [9.17, 15) is 4.79 Å². The van der Waals surface area contributed by atoms with E-state index in [0.717, 1.165) is 33.5 Å². The van der Waals surface area contributed by atoms with Crippen molar-refractivity contribution in [2.75, 3.05) is 10.6 Å². The maximum absolute atomic E-state index is 12.8. The average molecular weight is 444 g/mol. The summed E-state index contributed by atoms with van der Waals surface area (Å²) in [5.41, 5.74) is 3.89. The van der Waals surface area contributed by atoms with Crippen LogP contribution in [0, 0.1) is 13.8 Å². The number of amides is 1. The number of hydrogen-bond donors (Lipinski definition) is 2. The zero-order valence-corrected chi connectivity index (χ0v) is 19.1. The highest BCUT2D eigenvalue weighted by molar-refractivity contribution is 8.00. The van der Waals surface area contributed by atoms with Gasteiger partial charge in [0.25, 0.3) is 0 Å². The Morgan fingerprint density at radius 1 is 1.17 bits per heavy atom. The molecule has 0 saturated carbocycles. The van der Waals surface area contributed by atoms with E-state index >= 15 is 0 Å². The molecule has 0 spiro atoms. The molecule has 2 aromatic carbocycles. The van der Waals surface area contributed by atoms with Crippen molar-refractivity contribution >= 4 is 40.6 Å². The third-order valence-corrected chi connectivity index (χ3v) is 6.08. The molecule has 1 atom stereocenters. The Morgan fingerprint density at radius 2 is 1.87 bits per heavy atom. The highest BCUT2D eigenvalue weighted by Gasteiger charge is 2.20. The number of nitrogens with one attached hydrogen (secondary N) is 2. The van der Waals surface area contributed by atoms with Gasteiger partial charge in [0.2, 0.25) is 5.91 Å². The van der Waals surface area contributed by atoms with Crippen LogP contribution >= 0.6 is 23.4 Å². The van der Waals surface area contributed by atoms with E-state index in [2.05, 4.69) is 20.8 Å². The van der Waals surface area contributed by atoms with E-state index in [4.69, 9.17) is 11.6 Å². The molecule has 8 heteroatoms. The standard InChI is InChI=1S/C22H26ClN5OS/c1-5-28-19(13-24-18-11-7-10-17(23)12-18)26-27-22(28)30-16(4)21(29)25-20-14(2)8-6-9-15(20)3/h6-12,16,24H,5,13H2,1-4H3,(H,25,29). The number of carbonyl (C=O) groups excluding carboxylic acids is 1. The van der Waals surface area contributed by atoms with Crippen molar-refractivity contribution in [3.63, 3.8) is 0 Å². The SMILES string of the molecule is CCn1c(CNc2cccc(Cl)c2)nnc1SC(C)C(=O)Nc1c(C)cccc1C. The maximum Gasteiger partial charge on any atom is 0.237 e. The summed E-state index contributed by atoms with van der Waals surface area (Å²) < 4.78 is 2.02. The molecule has 2 N–H and O–H groups in total. The molecule has 1 amide bonds. The Balaban J connectivity index is 1.66. The van der Waals surface area contributed by atoms with E-state index < -0.39 is 0 Å². The molecule has 0 bridgehead atoms. The normalized spacial score (nSPS) is 11.9. The highest BCUT2D eigenvalue weighted by atomic mass is 35.5. The molecule has 158 valence electrons. The number of aryl methyl sites for hydroxylation is 2. The van der Waals surface area contributed by atoms with Gasteiger partial charge in [0.15, 0.2) is 11.0 Å². The van der Waals surface area contributed by atoms with Gasteiger partial charge in [0, 0.05) is 22.9 Å². The van der Waals surface area contributed by atoms with Crippen molar-refractivity contribution < 1.29 is 4.79 Å². The Morgan fingerprint density at radius 3 is 2.53 bits per heavy atom. The van der Waals surface area contributed by atoms with Gasteiger partial charge in [-0.1, -0.05) is 47.6 Å². The molecule has 0 saturated heterocycles. The highest BCUT2D eigenvalue weighted by Crippen LogP contribution is 2.26. The lowest BCUT2D eigenvalue weighted by atomic mass is 10.1. The van der Waals surface area contributed by atoms with Crippen molar-refractivity contribution in [1.29, 1.82) is 0 Å². The first-order valence-corrected chi connectivity index (χ1v) is 11.1. The third-order valence-electron chi connectivity index (χ3n) is 4.77. The van der Waals surface area contributed by atoms with E-state index in [1.807, 2.05) is 74.7 Å². The number of hydrogen-bond acceptors (Lipinski definition) is 5. The van der Waals surface area contributed by atoms with Gasteiger partial charge in [-0.3, -0.25) is 4.79 Å². The predicted octanol–water partition coefficient (Wildman–Crippen LogP) is 5.30. The van der Waals surface area contributed by atoms with Crippen LogP contribution in [0.2, 0.25) is 5.02 Å². The summed E-state index contributed by atoms with van der Waals surface area (Å²) in [5, 5.41) is 16.1. The van der Waals surface area contributed by atoms with Crippen LogP contribution in [0.5, 0.6) is 0 Å². The van der Waals surface area contributed by atoms with Crippen molar-refractivity contribution in [2.24, 2.45) is 0 Å². The zero-order valence-electron chi connectivity index (χ0n) is 17.6. The molecule has 6 nitrogen and oxygen atoms in total. The maximum atomic E-state index is 12.8. The summed E-state index contributed by atoms with van der Waals surface area (Å²) in [6.45, 7) is 9.14. The molecule has 0 fully saturated rings. The minimum absolute atomic E-state index is 0.0540. The molecule has 0 radical (unpaired) electrons. The molecule has 0 aliphatic heterocycles. The van der Waals surface area contributed by atoms with Gasteiger partial charge in [0.1, 0.15) is 0 Å². The van der Waals surface area contributed by atoms with E-state index in [1.54, 1.807) is 0 Å². The van der Waals surface area contributed by atoms with Crippen LogP contribution in [0.4, 0.5) is 11.4 Å². The largest absolute Gasteiger partial charge is 0.378 e. The first-order chi connectivity index (χ1) is 14.4. The minimum atomic E-state index is -0.313. The van der Waals surface area contributed by atoms with Crippen molar-refractivity contribution in [3.8, 4) is 0 Å². The lowest BCUT2D eigenvalue weighted by Crippen LogP contribution is -2.24. The number of anilines is 2. The fraction of sp³-hybridized carbons (Fsp3) is 0.318. The van der Waals surface area contributed by atoms with Gasteiger partial charge in [-0.2, -0.15) is 0 Å². The first-order valence-electron chi connectivity index (χ1n) is 9.84. The van der Waals surface area contributed by atoms with Crippen molar-refractivity contribution in [1.82, 2.24) is 14.8 Å². The monoisotopic (exact) mass is 443 g/mol. The zero-order chi connectivity index (χ0) is 21.7. The van der Waals surface area contributed by atoms with E-state index in [0.29, 0.717) is 18.1 Å². The number of nitrogens with zero attached hydrogens (tertiary/aromatic N) is 3. The Labute approximate surface area is 186 Å². The second-order valence-corrected chi connectivity index (χ2v) is 8.77. The summed E-state index contributed by atoms with van der Waals surface area (Å²) in [6.07, 6.45) is 0. The molecule has 3 aromatic rings. The quantitative estimate of drug-likeness (QED) is 0.462. The molecular formula is C22H26ClN5OS. The second kappa shape index (κ2) is 10.00. The summed E-state index contributed by atoms with van der Waals surface area (Å²) in [4.78, 5) is 12.8. The van der Waals surface area contributed by atoms with Gasteiger partial charge in [0.05, 0.1) is 11.8 Å². The van der Waals surface area contributed by atoms with Gasteiger partial charge in [-0.05, 0) is 57.0 Å². The molecular weight excluding hydrogens is 418 g/mol. The number of thioether (sulfide) groups is 1. The second-order valence-electron chi connectivity index (χ2n) is 7.02. The fourth-order valence-corrected chi connectivity index (χ4v) is 4.20. The van der Waals surface area contributed by atoms with Crippen LogP contribution in [-0.2, 0) is 17.9 Å². The van der Waals surface area contributed by atoms with Crippen molar-refractivity contribution in [2.45, 2.75) is 51.2 Å². The summed E-state index contributed by atoms with van der Waals surface area (Å²) in [7, 11) is 0. The molecule has 0 aliphatic rings. The van der Waals surface area contributed by atoms with E-state index in [1.165, 1.54) is 11.8 Å². The summed E-state index contributed by atoms with van der Waals surface area (Å²) in [6, 6.07) is 13.5. The van der Waals surface area contributed by atoms with Crippen molar-refractivity contribution in [3.05, 3.63) is 64.4 Å². The molecule has 3 rings (SSSR count). The predicted molar refractivity (Wildman–Crippen MR) is 124 cm³/mol. The van der Waals surface area contributed by atoms with Crippen LogP contribution in [0.25, 0.3) is 0 Å². The van der Waals surface area contributed by atoms with Gasteiger partial charge >= 0.3 is 0 Å². The molecule has 1 heterocycles. The number of carbonyl (C=O) groups is 1. The van der Waals surface area contributed by atoms with Gasteiger partial charge in [-0.25, -0.2) is 0 Å². The topological polar surface area (TPSA) is 71.8 Å². The first kappa shape index (κ1) is 22.2. The Kier molecular flexibility index (Phi) is 7.39. The molecule has 30 heavy (non-hydrogen) atoms. The number of aromatic nitrogens is 3. The molecule has 1 unspecified atom stereocenters. The number of benzene rings is 2. The minimum Gasteiger partial charge on any atom is -0.378 e. The molecule has 1 aromatic heterocycles. The van der Waals surface area contributed by atoms with Gasteiger partial charge < -0.3 is 15.2 Å². The third kappa shape index (κ3) is 5.34. The average Bonchev–Trinajstić information content (AvgIpc) is 3.10. The number of halogens is 1. The molecule has 0 aliphatic carbocycles. The number of para-hydroxylation sites is 1. The fourth-order valence-electron chi connectivity index (χ4n) is 3.08. The van der Waals surface area contributed by atoms with Crippen LogP contribution in [-0.4, -0.2) is 25.9 Å². The van der Waals surface area contributed by atoms with Crippen LogP contribution in [0.3, 0.4) is 0 Å². The van der Waals surface area contributed by atoms with Gasteiger partial charge in [-0.15, -0.1) is 10.2 Å². The Hall–Kier alpha value is -2.51. The van der Waals surface area contributed by atoms with E-state index in [-0.39, 0.29) is 11.2 Å². The lowest BCUT2D eigenvalue weighted by Gasteiger charge is -2.15. The number of rotatable bonds is 8. The smallest absolute Gasteiger partial charge is 0.237 e.